The fraction of sp³-hybridized carbons (Fsp3) is 0.462. The molecule has 0 bridgehead atoms. The molecule has 2 N–H and O–H groups in total. The molecule has 0 saturated heterocycles. The van der Waals surface area contributed by atoms with Gasteiger partial charge in [-0.25, -0.2) is 0 Å². The van der Waals surface area contributed by atoms with Gasteiger partial charge in [0.15, 0.2) is 6.10 Å². The van der Waals surface area contributed by atoms with Crippen molar-refractivity contribution in [2.24, 2.45) is 0 Å². The van der Waals surface area contributed by atoms with Gasteiger partial charge in [-0.15, -0.1) is 0 Å². The van der Waals surface area contributed by atoms with Gasteiger partial charge in [-0.3, -0.25) is 4.79 Å². The highest BCUT2D eigenvalue weighted by Crippen LogP contribution is 2.16. The first kappa shape index (κ1) is 13.7. The van der Waals surface area contributed by atoms with Crippen molar-refractivity contribution in [3.63, 3.8) is 0 Å². The molecule has 0 heterocycles. The molecule has 0 radical (unpaired) electrons. The summed E-state index contributed by atoms with van der Waals surface area (Å²) in [7, 11) is 1.49. The third-order valence-electron chi connectivity index (χ3n) is 2.27. The maximum absolute atomic E-state index is 11.9. The molecule has 1 aromatic carbocycles. The molecule has 1 rings (SSSR count). The van der Waals surface area contributed by atoms with Gasteiger partial charge in [0, 0.05) is 13.7 Å². The van der Waals surface area contributed by atoms with Crippen LogP contribution in [0.5, 0.6) is 0 Å². The smallest absolute Gasteiger partial charge is 0.253 e. The van der Waals surface area contributed by atoms with Crippen molar-refractivity contribution < 1.29 is 14.6 Å². The van der Waals surface area contributed by atoms with Gasteiger partial charge in [0.05, 0.1) is 5.60 Å². The molecular formula is C13H19NO3. The lowest BCUT2D eigenvalue weighted by Gasteiger charge is -2.21. The van der Waals surface area contributed by atoms with Crippen LogP contribution in [0.2, 0.25) is 0 Å². The number of rotatable bonds is 5. The maximum atomic E-state index is 11.9. The van der Waals surface area contributed by atoms with Gasteiger partial charge in [-0.1, -0.05) is 30.3 Å². The van der Waals surface area contributed by atoms with Crippen molar-refractivity contribution in [1.29, 1.82) is 0 Å². The summed E-state index contributed by atoms with van der Waals surface area (Å²) in [5.74, 6) is -0.249. The molecule has 1 aromatic rings. The Kier molecular flexibility index (Phi) is 4.66. The minimum Gasteiger partial charge on any atom is -0.389 e. The first-order chi connectivity index (χ1) is 7.94. The molecule has 1 unspecified atom stereocenters. The molecule has 0 aliphatic rings. The molecule has 4 nitrogen and oxygen atoms in total. The van der Waals surface area contributed by atoms with Crippen molar-refractivity contribution in [2.45, 2.75) is 25.6 Å². The topological polar surface area (TPSA) is 58.6 Å². The quantitative estimate of drug-likeness (QED) is 0.810. The summed E-state index contributed by atoms with van der Waals surface area (Å²) < 4.78 is 5.17. The number of methoxy groups -OCH3 is 1. The SMILES string of the molecule is COC(C(=O)NCC(C)(C)O)c1ccccc1. The summed E-state index contributed by atoms with van der Waals surface area (Å²) in [6, 6.07) is 9.25. The second-order valence-electron chi connectivity index (χ2n) is 4.56. The van der Waals surface area contributed by atoms with Gasteiger partial charge in [0.25, 0.3) is 5.91 Å². The van der Waals surface area contributed by atoms with Crippen LogP contribution in [0.1, 0.15) is 25.5 Å². The predicted octanol–water partition coefficient (Wildman–Crippen LogP) is 1.26. The van der Waals surface area contributed by atoms with Gasteiger partial charge < -0.3 is 15.2 Å². The van der Waals surface area contributed by atoms with E-state index in [0.717, 1.165) is 5.56 Å². The molecule has 0 aliphatic carbocycles. The van der Waals surface area contributed by atoms with Crippen LogP contribution in [0.4, 0.5) is 0 Å². The van der Waals surface area contributed by atoms with E-state index in [1.807, 2.05) is 30.3 Å². The Labute approximate surface area is 102 Å². The first-order valence-corrected chi connectivity index (χ1v) is 5.52. The zero-order valence-electron chi connectivity index (χ0n) is 10.4. The normalized spacial score (nSPS) is 13.2. The molecule has 4 heteroatoms. The number of amides is 1. The van der Waals surface area contributed by atoms with Gasteiger partial charge >= 0.3 is 0 Å². The van der Waals surface area contributed by atoms with Crippen LogP contribution in [0, 0.1) is 0 Å². The third-order valence-corrected chi connectivity index (χ3v) is 2.27. The lowest BCUT2D eigenvalue weighted by molar-refractivity contribution is -0.132. The highest BCUT2D eigenvalue weighted by atomic mass is 16.5. The monoisotopic (exact) mass is 237 g/mol. The van der Waals surface area contributed by atoms with Crippen LogP contribution in [-0.2, 0) is 9.53 Å². The minimum absolute atomic E-state index is 0.193. The van der Waals surface area contributed by atoms with Crippen LogP contribution < -0.4 is 5.32 Å². The second-order valence-corrected chi connectivity index (χ2v) is 4.56. The number of carbonyl (C=O) groups excluding carboxylic acids is 1. The largest absolute Gasteiger partial charge is 0.389 e. The number of carbonyl (C=O) groups is 1. The molecule has 0 fully saturated rings. The van der Waals surface area contributed by atoms with E-state index < -0.39 is 11.7 Å². The minimum atomic E-state index is -0.926. The van der Waals surface area contributed by atoms with Crippen LogP contribution in [0.25, 0.3) is 0 Å². The van der Waals surface area contributed by atoms with Crippen LogP contribution >= 0.6 is 0 Å². The summed E-state index contributed by atoms with van der Waals surface area (Å²) in [4.78, 5) is 11.9. The summed E-state index contributed by atoms with van der Waals surface area (Å²) in [5.41, 5.74) is -0.131. The molecule has 0 aromatic heterocycles. The zero-order valence-corrected chi connectivity index (χ0v) is 10.4. The third kappa shape index (κ3) is 4.54. The fourth-order valence-electron chi connectivity index (χ4n) is 1.42. The molecule has 1 amide bonds. The van der Waals surface area contributed by atoms with E-state index in [1.54, 1.807) is 13.8 Å². The van der Waals surface area contributed by atoms with Gasteiger partial charge in [0.1, 0.15) is 0 Å². The van der Waals surface area contributed by atoms with Crippen LogP contribution in [0.15, 0.2) is 30.3 Å². The Bertz CT molecular complexity index is 357. The van der Waals surface area contributed by atoms with Crippen molar-refractivity contribution in [3.8, 4) is 0 Å². The number of nitrogens with one attached hydrogen (secondary N) is 1. The van der Waals surface area contributed by atoms with Crippen LogP contribution in [0.3, 0.4) is 0 Å². The number of benzene rings is 1. The molecule has 1 atom stereocenters. The highest BCUT2D eigenvalue weighted by Gasteiger charge is 2.22. The van der Waals surface area contributed by atoms with Crippen molar-refractivity contribution in [2.75, 3.05) is 13.7 Å². The van der Waals surface area contributed by atoms with E-state index in [0.29, 0.717) is 0 Å². The van der Waals surface area contributed by atoms with Crippen molar-refractivity contribution in [3.05, 3.63) is 35.9 Å². The zero-order chi connectivity index (χ0) is 12.9. The molecule has 0 saturated carbocycles. The van der Waals surface area contributed by atoms with Crippen LogP contribution in [-0.4, -0.2) is 30.3 Å². The number of hydrogen-bond donors (Lipinski definition) is 2. The fourth-order valence-corrected chi connectivity index (χ4v) is 1.42. The molecule has 0 spiro atoms. The van der Waals surface area contributed by atoms with Crippen molar-refractivity contribution >= 4 is 5.91 Å². The summed E-state index contributed by atoms with van der Waals surface area (Å²) in [5, 5.41) is 12.2. The average Bonchev–Trinajstić information content (AvgIpc) is 2.28. The Morgan fingerprint density at radius 1 is 1.41 bits per heavy atom. The number of aliphatic hydroxyl groups is 1. The second kappa shape index (κ2) is 5.80. The van der Waals surface area contributed by atoms with E-state index in [2.05, 4.69) is 5.32 Å². The summed E-state index contributed by atoms with van der Waals surface area (Å²) in [6.45, 7) is 3.47. The van der Waals surface area contributed by atoms with E-state index in [-0.39, 0.29) is 12.5 Å². The molecule has 17 heavy (non-hydrogen) atoms. The lowest BCUT2D eigenvalue weighted by atomic mass is 10.1. The van der Waals surface area contributed by atoms with Gasteiger partial charge in [-0.05, 0) is 19.4 Å². The average molecular weight is 237 g/mol. The molecule has 0 aliphatic heterocycles. The Hall–Kier alpha value is -1.39. The maximum Gasteiger partial charge on any atom is 0.253 e. The Balaban J connectivity index is 2.66. The number of hydrogen-bond acceptors (Lipinski definition) is 3. The summed E-state index contributed by atoms with van der Waals surface area (Å²) >= 11 is 0. The molecular weight excluding hydrogens is 218 g/mol. The lowest BCUT2D eigenvalue weighted by Crippen LogP contribution is -2.40. The van der Waals surface area contributed by atoms with E-state index in [1.165, 1.54) is 7.11 Å². The van der Waals surface area contributed by atoms with E-state index in [9.17, 15) is 9.90 Å². The Morgan fingerprint density at radius 3 is 2.47 bits per heavy atom. The van der Waals surface area contributed by atoms with E-state index in [4.69, 9.17) is 4.74 Å². The van der Waals surface area contributed by atoms with Crippen molar-refractivity contribution in [1.82, 2.24) is 5.32 Å². The Morgan fingerprint density at radius 2 is 2.00 bits per heavy atom. The van der Waals surface area contributed by atoms with Gasteiger partial charge in [0.2, 0.25) is 0 Å². The van der Waals surface area contributed by atoms with Gasteiger partial charge in [-0.2, -0.15) is 0 Å². The first-order valence-electron chi connectivity index (χ1n) is 5.52. The number of ether oxygens (including phenoxy) is 1. The highest BCUT2D eigenvalue weighted by molar-refractivity contribution is 5.82. The predicted molar refractivity (Wildman–Crippen MR) is 65.5 cm³/mol. The standard InChI is InChI=1S/C13H19NO3/c1-13(2,16)9-14-12(15)11(17-3)10-7-5-4-6-8-10/h4-8,11,16H,9H2,1-3H3,(H,14,15). The van der Waals surface area contributed by atoms with E-state index >= 15 is 0 Å². The molecule has 94 valence electrons. The summed E-state index contributed by atoms with van der Waals surface area (Å²) in [6.07, 6.45) is -0.640.